The Morgan fingerprint density at radius 2 is 1.69 bits per heavy atom. The monoisotopic (exact) mass is 452 g/mol. The van der Waals surface area contributed by atoms with E-state index < -0.39 is 69.6 Å². The Morgan fingerprint density at radius 3 is 2.19 bits per heavy atom. The van der Waals surface area contributed by atoms with Crippen molar-refractivity contribution in [2.45, 2.75) is 103 Å². The summed E-state index contributed by atoms with van der Waals surface area (Å²) in [6, 6.07) is 0. The molecule has 2 aliphatic carbocycles. The average Bonchev–Trinajstić information content (AvgIpc) is 2.65. The Hall–Kier alpha value is -1.77. The second-order valence-electron chi connectivity index (χ2n) is 10.9. The van der Waals surface area contributed by atoms with E-state index in [1.54, 1.807) is 13.8 Å². The Labute approximate surface area is 189 Å². The molecule has 0 radical (unpaired) electrons. The van der Waals surface area contributed by atoms with Gasteiger partial charge in [0.2, 0.25) is 0 Å². The number of aliphatic hydroxyl groups is 2. The third-order valence-electron chi connectivity index (χ3n) is 8.30. The Morgan fingerprint density at radius 1 is 1.12 bits per heavy atom. The van der Waals surface area contributed by atoms with E-state index in [-0.39, 0.29) is 6.42 Å². The van der Waals surface area contributed by atoms with Crippen LogP contribution in [0.25, 0.3) is 0 Å². The molecular formula is C24H36O8. The molecule has 3 aliphatic rings. The van der Waals surface area contributed by atoms with Crippen molar-refractivity contribution in [1.82, 2.24) is 0 Å². The summed E-state index contributed by atoms with van der Waals surface area (Å²) in [5, 5.41) is 23.6. The van der Waals surface area contributed by atoms with Crippen molar-refractivity contribution in [2.75, 3.05) is 0 Å². The van der Waals surface area contributed by atoms with Gasteiger partial charge >= 0.3 is 11.9 Å². The fraction of sp³-hybridized carbons (Fsp3) is 0.792. The van der Waals surface area contributed by atoms with Crippen LogP contribution in [0.15, 0.2) is 12.7 Å². The third kappa shape index (κ3) is 3.10. The van der Waals surface area contributed by atoms with Gasteiger partial charge in [-0.1, -0.05) is 26.8 Å². The van der Waals surface area contributed by atoms with Crippen molar-refractivity contribution in [2.24, 2.45) is 16.7 Å². The van der Waals surface area contributed by atoms with Crippen LogP contribution in [-0.4, -0.2) is 63.0 Å². The fourth-order valence-corrected chi connectivity index (χ4v) is 6.93. The lowest BCUT2D eigenvalue weighted by Gasteiger charge is -2.71. The number of carbonyl (C=O) groups excluding carboxylic acids is 3. The number of rotatable bonds is 3. The second kappa shape index (κ2) is 7.37. The summed E-state index contributed by atoms with van der Waals surface area (Å²) in [5.41, 5.74) is -7.21. The Kier molecular flexibility index (Phi) is 5.72. The summed E-state index contributed by atoms with van der Waals surface area (Å²) in [5.74, 6) is -2.51. The summed E-state index contributed by atoms with van der Waals surface area (Å²) in [7, 11) is 0. The average molecular weight is 453 g/mol. The largest absolute Gasteiger partial charge is 0.458 e. The van der Waals surface area contributed by atoms with Crippen LogP contribution < -0.4 is 0 Å². The van der Waals surface area contributed by atoms with Gasteiger partial charge in [0.25, 0.3) is 0 Å². The number of Topliss-reactive ketones (excluding diaryl/α,β-unsaturated/α-hetero) is 1. The molecule has 3 rings (SSSR count). The Bertz CT molecular complexity index is 851. The second-order valence-corrected chi connectivity index (χ2v) is 10.9. The van der Waals surface area contributed by atoms with Crippen LogP contribution in [0, 0.1) is 16.7 Å². The number of ketones is 1. The van der Waals surface area contributed by atoms with Gasteiger partial charge in [-0.2, -0.15) is 0 Å². The molecule has 8 nitrogen and oxygen atoms in total. The minimum atomic E-state index is -2.22. The molecule has 180 valence electrons. The zero-order valence-corrected chi connectivity index (χ0v) is 20.1. The molecule has 0 aromatic carbocycles. The van der Waals surface area contributed by atoms with Gasteiger partial charge in [-0.05, 0) is 32.1 Å². The first-order valence-electron chi connectivity index (χ1n) is 11.1. The molecule has 0 amide bonds. The summed E-state index contributed by atoms with van der Waals surface area (Å²) < 4.78 is 17.8. The SMILES string of the molecule is C=C[C@@]1(C)CC(=O)[C@]2(O)[C@@]3(C)[C@@H](O)CCC(C)(C)[C@@H]3[C@H](OC(C)=O)[C@H](OC(C)=O)[C@@]2(C)O1. The molecule has 2 N–H and O–H groups in total. The van der Waals surface area contributed by atoms with Gasteiger partial charge in [-0.3, -0.25) is 14.4 Å². The van der Waals surface area contributed by atoms with Gasteiger partial charge in [0, 0.05) is 31.6 Å². The molecule has 0 spiro atoms. The maximum absolute atomic E-state index is 13.8. The van der Waals surface area contributed by atoms with E-state index >= 15 is 0 Å². The number of hydrogen-bond donors (Lipinski definition) is 2. The van der Waals surface area contributed by atoms with Gasteiger partial charge in [0.05, 0.1) is 11.7 Å². The summed E-state index contributed by atoms with van der Waals surface area (Å²) in [4.78, 5) is 38.2. The number of aliphatic hydroxyl groups excluding tert-OH is 1. The number of esters is 2. The molecule has 1 saturated heterocycles. The van der Waals surface area contributed by atoms with Crippen LogP contribution in [0.3, 0.4) is 0 Å². The minimum Gasteiger partial charge on any atom is -0.458 e. The lowest BCUT2D eigenvalue weighted by molar-refractivity contribution is -0.370. The zero-order valence-electron chi connectivity index (χ0n) is 20.1. The highest BCUT2D eigenvalue weighted by Gasteiger charge is 2.82. The van der Waals surface area contributed by atoms with Crippen molar-refractivity contribution in [3.05, 3.63) is 12.7 Å². The van der Waals surface area contributed by atoms with Crippen molar-refractivity contribution in [3.8, 4) is 0 Å². The minimum absolute atomic E-state index is 0.164. The molecule has 1 aliphatic heterocycles. The lowest BCUT2D eigenvalue weighted by atomic mass is 9.39. The highest BCUT2D eigenvalue weighted by molar-refractivity contribution is 5.92. The third-order valence-corrected chi connectivity index (χ3v) is 8.30. The normalized spacial score (nSPS) is 47.6. The smallest absolute Gasteiger partial charge is 0.303 e. The predicted molar refractivity (Wildman–Crippen MR) is 114 cm³/mol. The van der Waals surface area contributed by atoms with E-state index in [0.29, 0.717) is 12.8 Å². The first-order chi connectivity index (χ1) is 14.5. The van der Waals surface area contributed by atoms with Crippen LogP contribution in [0.4, 0.5) is 0 Å². The molecule has 32 heavy (non-hydrogen) atoms. The molecule has 0 unspecified atom stereocenters. The number of carbonyl (C=O) groups is 3. The van der Waals surface area contributed by atoms with E-state index in [1.807, 2.05) is 13.8 Å². The molecule has 0 aromatic heterocycles. The summed E-state index contributed by atoms with van der Waals surface area (Å²) >= 11 is 0. The molecule has 8 heteroatoms. The Balaban J connectivity index is 2.39. The number of fused-ring (bicyclic) bond motifs is 3. The fourth-order valence-electron chi connectivity index (χ4n) is 6.93. The molecule has 0 bridgehead atoms. The van der Waals surface area contributed by atoms with Gasteiger partial charge in [0.1, 0.15) is 11.7 Å². The topological polar surface area (TPSA) is 119 Å². The molecule has 1 heterocycles. The van der Waals surface area contributed by atoms with Crippen molar-refractivity contribution < 1.29 is 38.8 Å². The van der Waals surface area contributed by atoms with Gasteiger partial charge in [-0.25, -0.2) is 0 Å². The zero-order chi connectivity index (χ0) is 24.5. The maximum atomic E-state index is 13.8. The lowest BCUT2D eigenvalue weighted by Crippen LogP contribution is -2.87. The van der Waals surface area contributed by atoms with Crippen LogP contribution >= 0.6 is 0 Å². The highest BCUT2D eigenvalue weighted by Crippen LogP contribution is 2.67. The number of ether oxygens (including phenoxy) is 3. The van der Waals surface area contributed by atoms with Crippen molar-refractivity contribution >= 4 is 17.7 Å². The van der Waals surface area contributed by atoms with Crippen molar-refractivity contribution in [1.29, 1.82) is 0 Å². The van der Waals surface area contributed by atoms with Crippen LogP contribution in [-0.2, 0) is 28.6 Å². The first-order valence-corrected chi connectivity index (χ1v) is 11.1. The highest BCUT2D eigenvalue weighted by atomic mass is 16.6. The summed E-state index contributed by atoms with van der Waals surface area (Å²) in [6.07, 6.45) is -1.22. The van der Waals surface area contributed by atoms with Crippen molar-refractivity contribution in [3.63, 3.8) is 0 Å². The van der Waals surface area contributed by atoms with Crippen LogP contribution in [0.5, 0.6) is 0 Å². The van der Waals surface area contributed by atoms with E-state index in [4.69, 9.17) is 14.2 Å². The molecule has 3 fully saturated rings. The molecular weight excluding hydrogens is 416 g/mol. The summed E-state index contributed by atoms with van der Waals surface area (Å²) in [6.45, 7) is 14.9. The number of hydrogen-bond acceptors (Lipinski definition) is 8. The molecule has 8 atom stereocenters. The predicted octanol–water partition coefficient (Wildman–Crippen LogP) is 2.09. The molecule has 0 aromatic rings. The van der Waals surface area contributed by atoms with E-state index in [1.165, 1.54) is 26.8 Å². The first kappa shape index (κ1) is 24.9. The van der Waals surface area contributed by atoms with Gasteiger partial charge in [0.15, 0.2) is 17.5 Å². The standard InChI is InChI=1S/C24H36O8/c1-9-21(6)12-16(28)24(29)22(7)15(27)10-11-20(4,5)18(22)17(30-13(2)25)19(31-14(3)26)23(24,8)32-21/h9,15,17-19,27,29H,1,10-12H2,2-8H3/t15-,17-,18-,19-,21-,22-,23+,24-/m0/s1. The van der Waals surface area contributed by atoms with Gasteiger partial charge in [-0.15, -0.1) is 6.58 Å². The van der Waals surface area contributed by atoms with E-state index in [0.717, 1.165) is 0 Å². The van der Waals surface area contributed by atoms with Crippen LogP contribution in [0.1, 0.15) is 67.7 Å². The molecule has 2 saturated carbocycles. The van der Waals surface area contributed by atoms with E-state index in [9.17, 15) is 24.6 Å². The van der Waals surface area contributed by atoms with Gasteiger partial charge < -0.3 is 24.4 Å². The quantitative estimate of drug-likeness (QED) is 0.493. The van der Waals surface area contributed by atoms with E-state index in [2.05, 4.69) is 6.58 Å². The van der Waals surface area contributed by atoms with Crippen LogP contribution in [0.2, 0.25) is 0 Å². The maximum Gasteiger partial charge on any atom is 0.303 e.